The Morgan fingerprint density at radius 3 is 3.00 bits per heavy atom. The summed E-state index contributed by atoms with van der Waals surface area (Å²) in [6.07, 6.45) is 4.12. The summed E-state index contributed by atoms with van der Waals surface area (Å²) in [7, 11) is 1.86. The number of hydrogen-bond acceptors (Lipinski definition) is 4. The zero-order valence-electron chi connectivity index (χ0n) is 11.1. The number of nitrogens with zero attached hydrogens (tertiary/aromatic N) is 3. The van der Waals surface area contributed by atoms with E-state index in [4.69, 9.17) is 5.73 Å². The lowest BCUT2D eigenvalue weighted by Crippen LogP contribution is -2.26. The highest BCUT2D eigenvalue weighted by atomic mass is 16.1. The van der Waals surface area contributed by atoms with Gasteiger partial charge in [-0.2, -0.15) is 5.10 Å². The van der Waals surface area contributed by atoms with Crippen molar-refractivity contribution in [3.8, 4) is 0 Å². The summed E-state index contributed by atoms with van der Waals surface area (Å²) in [6, 6.07) is 3.57. The maximum atomic E-state index is 12.0. The average molecular weight is 259 g/mol. The zero-order chi connectivity index (χ0) is 13.8. The molecule has 0 aliphatic heterocycles. The van der Waals surface area contributed by atoms with Crippen molar-refractivity contribution in [1.29, 1.82) is 0 Å². The van der Waals surface area contributed by atoms with Crippen molar-refractivity contribution in [2.24, 2.45) is 7.05 Å². The van der Waals surface area contributed by atoms with Crippen LogP contribution in [0.4, 0.5) is 5.69 Å². The molecule has 0 spiro atoms. The van der Waals surface area contributed by atoms with Gasteiger partial charge >= 0.3 is 0 Å². The Morgan fingerprint density at radius 2 is 2.32 bits per heavy atom. The fourth-order valence-electron chi connectivity index (χ4n) is 1.77. The number of nitrogens with two attached hydrogens (primary N) is 1. The van der Waals surface area contributed by atoms with E-state index < -0.39 is 0 Å². The summed E-state index contributed by atoms with van der Waals surface area (Å²) >= 11 is 0. The van der Waals surface area contributed by atoms with E-state index in [1.54, 1.807) is 23.9 Å². The maximum Gasteiger partial charge on any atom is 0.253 e. The summed E-state index contributed by atoms with van der Waals surface area (Å²) in [5.41, 5.74) is 8.25. The van der Waals surface area contributed by atoms with E-state index in [9.17, 15) is 4.79 Å². The topological polar surface area (TPSA) is 85.8 Å². The van der Waals surface area contributed by atoms with Crippen molar-refractivity contribution in [2.75, 3.05) is 12.3 Å². The largest absolute Gasteiger partial charge is 0.397 e. The molecule has 0 aliphatic rings. The second kappa shape index (κ2) is 5.51. The normalized spacial score (nSPS) is 10.4. The minimum atomic E-state index is -0.159. The molecule has 6 heteroatoms. The van der Waals surface area contributed by atoms with Crippen LogP contribution in [0.3, 0.4) is 0 Å². The Balaban J connectivity index is 1.92. The Kier molecular flexibility index (Phi) is 3.79. The van der Waals surface area contributed by atoms with Gasteiger partial charge in [0.2, 0.25) is 0 Å². The van der Waals surface area contributed by atoms with Gasteiger partial charge in [-0.3, -0.25) is 14.5 Å². The van der Waals surface area contributed by atoms with E-state index in [-0.39, 0.29) is 5.91 Å². The lowest BCUT2D eigenvalue weighted by molar-refractivity contribution is 0.0953. The van der Waals surface area contributed by atoms with Crippen LogP contribution >= 0.6 is 0 Å². The molecule has 2 aromatic rings. The minimum Gasteiger partial charge on any atom is -0.397 e. The molecule has 0 unspecified atom stereocenters. The molecule has 19 heavy (non-hydrogen) atoms. The van der Waals surface area contributed by atoms with Crippen LogP contribution in [0.15, 0.2) is 24.5 Å². The highest BCUT2D eigenvalue weighted by molar-refractivity contribution is 5.95. The highest BCUT2D eigenvalue weighted by Gasteiger charge is 2.10. The van der Waals surface area contributed by atoms with Gasteiger partial charge in [0.05, 0.1) is 28.8 Å². The van der Waals surface area contributed by atoms with Crippen molar-refractivity contribution in [3.05, 3.63) is 41.5 Å². The molecular weight excluding hydrogens is 242 g/mol. The number of nitrogens with one attached hydrogen (secondary N) is 1. The first-order valence-corrected chi connectivity index (χ1v) is 6.05. The first kappa shape index (κ1) is 13.1. The summed E-state index contributed by atoms with van der Waals surface area (Å²) in [6.45, 7) is 2.32. The average Bonchev–Trinajstić information content (AvgIpc) is 2.78. The van der Waals surface area contributed by atoms with Crippen LogP contribution in [0.25, 0.3) is 0 Å². The van der Waals surface area contributed by atoms with Gasteiger partial charge in [-0.1, -0.05) is 0 Å². The molecule has 0 fully saturated rings. The third-order valence-electron chi connectivity index (χ3n) is 2.79. The Labute approximate surface area is 111 Å². The smallest absolute Gasteiger partial charge is 0.253 e. The van der Waals surface area contributed by atoms with Crippen LogP contribution in [0, 0.1) is 6.92 Å². The quantitative estimate of drug-likeness (QED) is 0.845. The number of anilines is 1. The molecular formula is C13H17N5O. The van der Waals surface area contributed by atoms with Crippen LogP contribution in [0.5, 0.6) is 0 Å². The number of pyridine rings is 1. The molecule has 2 aromatic heterocycles. The number of aromatic nitrogens is 3. The Morgan fingerprint density at radius 1 is 1.53 bits per heavy atom. The Hall–Kier alpha value is -2.37. The van der Waals surface area contributed by atoms with Gasteiger partial charge in [0.15, 0.2) is 0 Å². The summed E-state index contributed by atoms with van der Waals surface area (Å²) in [5, 5.41) is 7.09. The minimum absolute atomic E-state index is 0.159. The van der Waals surface area contributed by atoms with E-state index in [1.165, 1.54) is 0 Å². The second-order valence-corrected chi connectivity index (χ2v) is 4.39. The Bertz CT molecular complexity index is 590. The molecule has 3 N–H and O–H groups in total. The lowest BCUT2D eigenvalue weighted by Gasteiger charge is -2.07. The SMILES string of the molecule is Cc1ncc(N)cc1C(=O)NCCc1ccn(C)n1. The third kappa shape index (κ3) is 3.31. The monoisotopic (exact) mass is 259 g/mol. The molecule has 0 atom stereocenters. The predicted octanol–water partition coefficient (Wildman–Crippen LogP) is 0.678. The maximum absolute atomic E-state index is 12.0. The molecule has 6 nitrogen and oxygen atoms in total. The number of hydrogen-bond donors (Lipinski definition) is 2. The summed E-state index contributed by atoms with van der Waals surface area (Å²) < 4.78 is 1.74. The number of amides is 1. The van der Waals surface area contributed by atoms with Crippen molar-refractivity contribution in [2.45, 2.75) is 13.3 Å². The van der Waals surface area contributed by atoms with Crippen LogP contribution in [0.1, 0.15) is 21.7 Å². The molecule has 0 radical (unpaired) electrons. The van der Waals surface area contributed by atoms with Gasteiger partial charge in [-0.25, -0.2) is 0 Å². The third-order valence-corrected chi connectivity index (χ3v) is 2.79. The molecule has 2 rings (SSSR count). The predicted molar refractivity (Wildman–Crippen MR) is 72.6 cm³/mol. The fraction of sp³-hybridized carbons (Fsp3) is 0.308. The van der Waals surface area contributed by atoms with Crippen LogP contribution in [0.2, 0.25) is 0 Å². The van der Waals surface area contributed by atoms with E-state index in [2.05, 4.69) is 15.4 Å². The van der Waals surface area contributed by atoms with Gasteiger partial charge < -0.3 is 11.1 Å². The number of nitrogen functional groups attached to an aromatic ring is 1. The van der Waals surface area contributed by atoms with Gasteiger partial charge in [0, 0.05) is 26.2 Å². The van der Waals surface area contributed by atoms with Crippen molar-refractivity contribution in [3.63, 3.8) is 0 Å². The van der Waals surface area contributed by atoms with Crippen molar-refractivity contribution >= 4 is 11.6 Å². The lowest BCUT2D eigenvalue weighted by atomic mass is 10.2. The standard InChI is InChI=1S/C13H17N5O/c1-9-12(7-10(14)8-16-9)13(19)15-5-3-11-4-6-18(2)17-11/h4,6-8H,3,5,14H2,1-2H3,(H,15,19). The molecule has 0 saturated heterocycles. The van der Waals surface area contributed by atoms with Gasteiger partial charge in [0.25, 0.3) is 5.91 Å². The van der Waals surface area contributed by atoms with Crippen molar-refractivity contribution in [1.82, 2.24) is 20.1 Å². The van der Waals surface area contributed by atoms with Gasteiger partial charge in [-0.05, 0) is 19.1 Å². The van der Waals surface area contributed by atoms with Gasteiger partial charge in [0.1, 0.15) is 0 Å². The van der Waals surface area contributed by atoms with Crippen LogP contribution < -0.4 is 11.1 Å². The van der Waals surface area contributed by atoms with E-state index in [1.807, 2.05) is 19.3 Å². The number of carbonyl (C=O) groups excluding carboxylic acids is 1. The van der Waals surface area contributed by atoms with E-state index in [0.717, 1.165) is 5.69 Å². The molecule has 2 heterocycles. The van der Waals surface area contributed by atoms with Gasteiger partial charge in [-0.15, -0.1) is 0 Å². The zero-order valence-corrected chi connectivity index (χ0v) is 11.1. The first-order chi connectivity index (χ1) is 9.06. The first-order valence-electron chi connectivity index (χ1n) is 6.05. The molecule has 0 saturated carbocycles. The number of aryl methyl sites for hydroxylation is 2. The van der Waals surface area contributed by atoms with E-state index >= 15 is 0 Å². The molecule has 0 aromatic carbocycles. The number of carbonyl (C=O) groups is 1. The molecule has 100 valence electrons. The summed E-state index contributed by atoms with van der Waals surface area (Å²) in [4.78, 5) is 16.0. The fourth-order valence-corrected chi connectivity index (χ4v) is 1.77. The van der Waals surface area contributed by atoms with Crippen LogP contribution in [-0.4, -0.2) is 27.2 Å². The second-order valence-electron chi connectivity index (χ2n) is 4.39. The molecule has 0 bridgehead atoms. The highest BCUT2D eigenvalue weighted by Crippen LogP contribution is 2.09. The van der Waals surface area contributed by atoms with Crippen LogP contribution in [-0.2, 0) is 13.5 Å². The molecule has 1 amide bonds. The molecule has 0 aliphatic carbocycles. The van der Waals surface area contributed by atoms with E-state index in [0.29, 0.717) is 29.9 Å². The van der Waals surface area contributed by atoms with Crippen molar-refractivity contribution < 1.29 is 4.79 Å². The summed E-state index contributed by atoms with van der Waals surface area (Å²) in [5.74, 6) is -0.159. The number of rotatable bonds is 4.